The third kappa shape index (κ3) is 3.55. The van der Waals surface area contributed by atoms with E-state index in [1.54, 1.807) is 0 Å². The number of hydrogen-bond acceptors (Lipinski definition) is 2. The Balaban J connectivity index is 3.93. The Labute approximate surface area is 76.9 Å². The molecule has 0 aliphatic rings. The van der Waals surface area contributed by atoms with Crippen molar-refractivity contribution in [1.82, 2.24) is 5.32 Å². The zero-order valence-electron chi connectivity index (χ0n) is 8.98. The van der Waals surface area contributed by atoms with Crippen LogP contribution in [-0.2, 0) is 0 Å². The average Bonchev–Trinajstić information content (AvgIpc) is 2.08. The molecule has 0 unspecified atom stereocenters. The van der Waals surface area contributed by atoms with Gasteiger partial charge >= 0.3 is 0 Å². The fourth-order valence-corrected chi connectivity index (χ4v) is 1.28. The lowest BCUT2D eigenvalue weighted by atomic mass is 9.82. The molecule has 0 aliphatic heterocycles. The summed E-state index contributed by atoms with van der Waals surface area (Å²) in [5, 5.41) is 3.46. The molecule has 0 spiro atoms. The Bertz CT molecular complexity index is 98.1. The predicted octanol–water partition coefficient (Wildman–Crippen LogP) is 1.75. The Morgan fingerprint density at radius 2 is 1.75 bits per heavy atom. The minimum atomic E-state index is 0.324. The van der Waals surface area contributed by atoms with Gasteiger partial charge in [0.1, 0.15) is 0 Å². The summed E-state index contributed by atoms with van der Waals surface area (Å²) < 4.78 is 0. The number of nitrogens with one attached hydrogen (secondary N) is 1. The van der Waals surface area contributed by atoms with Crippen LogP contribution in [0.2, 0.25) is 0 Å². The summed E-state index contributed by atoms with van der Waals surface area (Å²) in [4.78, 5) is 0. The second-order valence-electron chi connectivity index (χ2n) is 3.95. The Hall–Kier alpha value is -0.0800. The van der Waals surface area contributed by atoms with Gasteiger partial charge in [0.25, 0.3) is 0 Å². The third-order valence-electron chi connectivity index (χ3n) is 2.82. The summed E-state index contributed by atoms with van der Waals surface area (Å²) in [6, 6.07) is 0.564. The molecular formula is C10H24N2. The second-order valence-corrected chi connectivity index (χ2v) is 3.95. The molecule has 74 valence electrons. The molecule has 2 heteroatoms. The minimum absolute atomic E-state index is 0.324. The van der Waals surface area contributed by atoms with E-state index in [-0.39, 0.29) is 0 Å². The first-order valence-electron chi connectivity index (χ1n) is 5.03. The molecule has 2 nitrogen and oxygen atoms in total. The van der Waals surface area contributed by atoms with Gasteiger partial charge in [0.15, 0.2) is 0 Å². The van der Waals surface area contributed by atoms with Crippen molar-refractivity contribution in [2.45, 2.75) is 46.6 Å². The number of hydrogen-bond donors (Lipinski definition) is 2. The van der Waals surface area contributed by atoms with Crippen molar-refractivity contribution in [2.75, 3.05) is 13.1 Å². The van der Waals surface area contributed by atoms with E-state index in [1.807, 2.05) is 0 Å². The van der Waals surface area contributed by atoms with Crippen molar-refractivity contribution in [3.8, 4) is 0 Å². The van der Waals surface area contributed by atoms with Gasteiger partial charge in [0.2, 0.25) is 0 Å². The first-order chi connectivity index (χ1) is 5.60. The summed E-state index contributed by atoms with van der Waals surface area (Å²) in [6.45, 7) is 10.6. The van der Waals surface area contributed by atoms with E-state index in [1.165, 1.54) is 12.8 Å². The highest BCUT2D eigenvalue weighted by atomic mass is 14.9. The van der Waals surface area contributed by atoms with Crippen LogP contribution in [-0.4, -0.2) is 19.1 Å². The van der Waals surface area contributed by atoms with Crippen LogP contribution in [0.15, 0.2) is 0 Å². The van der Waals surface area contributed by atoms with Crippen LogP contribution in [0, 0.1) is 5.41 Å². The average molecular weight is 172 g/mol. The molecule has 0 aromatic heterocycles. The van der Waals surface area contributed by atoms with Gasteiger partial charge < -0.3 is 11.1 Å². The van der Waals surface area contributed by atoms with E-state index in [4.69, 9.17) is 5.73 Å². The van der Waals surface area contributed by atoms with Gasteiger partial charge in [-0.05, 0) is 24.8 Å². The normalized spacial score (nSPS) is 12.5. The fourth-order valence-electron chi connectivity index (χ4n) is 1.28. The van der Waals surface area contributed by atoms with Crippen LogP contribution in [0.1, 0.15) is 40.5 Å². The smallest absolute Gasteiger partial charge is 0.00221 e. The molecule has 0 bridgehead atoms. The molecule has 0 aromatic rings. The van der Waals surface area contributed by atoms with Crippen molar-refractivity contribution < 1.29 is 0 Å². The van der Waals surface area contributed by atoms with Crippen LogP contribution < -0.4 is 11.1 Å². The predicted molar refractivity (Wildman–Crippen MR) is 55.2 cm³/mol. The number of nitrogens with two attached hydrogens (primary N) is 1. The van der Waals surface area contributed by atoms with E-state index < -0.39 is 0 Å². The monoisotopic (exact) mass is 172 g/mol. The molecule has 12 heavy (non-hydrogen) atoms. The molecule has 0 atom stereocenters. The quantitative estimate of drug-likeness (QED) is 0.640. The first kappa shape index (κ1) is 11.9. The van der Waals surface area contributed by atoms with Gasteiger partial charge in [0.05, 0.1) is 0 Å². The molecule has 0 radical (unpaired) electrons. The Morgan fingerprint density at radius 1 is 1.25 bits per heavy atom. The molecular weight excluding hydrogens is 148 g/mol. The lowest BCUT2D eigenvalue weighted by molar-refractivity contribution is 0.252. The van der Waals surface area contributed by atoms with E-state index in [9.17, 15) is 0 Å². The Morgan fingerprint density at radius 3 is 2.00 bits per heavy atom. The van der Waals surface area contributed by atoms with E-state index in [0.29, 0.717) is 11.5 Å². The van der Waals surface area contributed by atoms with Gasteiger partial charge in [0, 0.05) is 12.6 Å². The summed E-state index contributed by atoms with van der Waals surface area (Å²) in [7, 11) is 0. The number of rotatable bonds is 6. The highest BCUT2D eigenvalue weighted by Gasteiger charge is 2.23. The molecule has 3 N–H and O–H groups in total. The van der Waals surface area contributed by atoms with Crippen molar-refractivity contribution in [3.63, 3.8) is 0 Å². The van der Waals surface area contributed by atoms with Crippen molar-refractivity contribution in [3.05, 3.63) is 0 Å². The molecule has 0 aliphatic carbocycles. The zero-order valence-corrected chi connectivity index (χ0v) is 8.98. The molecule has 0 aromatic carbocycles. The lowest BCUT2D eigenvalue weighted by Gasteiger charge is -2.31. The maximum absolute atomic E-state index is 5.78. The fraction of sp³-hybridized carbons (Fsp3) is 1.00. The molecule has 0 amide bonds. The van der Waals surface area contributed by atoms with Crippen molar-refractivity contribution >= 4 is 0 Å². The van der Waals surface area contributed by atoms with E-state index >= 15 is 0 Å². The van der Waals surface area contributed by atoms with Crippen molar-refractivity contribution in [1.29, 1.82) is 0 Å². The topological polar surface area (TPSA) is 38.0 Å². The SMILES string of the molecule is CCC(CC)(CN)CNC(C)C. The van der Waals surface area contributed by atoms with Crippen LogP contribution in [0.25, 0.3) is 0 Å². The second kappa shape index (κ2) is 5.55. The molecule has 0 saturated carbocycles. The maximum atomic E-state index is 5.78. The maximum Gasteiger partial charge on any atom is 0.00221 e. The van der Waals surface area contributed by atoms with Crippen molar-refractivity contribution in [2.24, 2.45) is 11.1 Å². The largest absolute Gasteiger partial charge is 0.330 e. The van der Waals surface area contributed by atoms with Gasteiger partial charge in [-0.3, -0.25) is 0 Å². The summed E-state index contributed by atoms with van der Waals surface area (Å²) in [5.74, 6) is 0. The van der Waals surface area contributed by atoms with Crippen LogP contribution in [0.5, 0.6) is 0 Å². The third-order valence-corrected chi connectivity index (χ3v) is 2.82. The Kier molecular flexibility index (Phi) is 5.51. The first-order valence-corrected chi connectivity index (χ1v) is 5.03. The standard InChI is InChI=1S/C10H24N2/c1-5-10(6-2,7-11)8-12-9(3)4/h9,12H,5-8,11H2,1-4H3. The lowest BCUT2D eigenvalue weighted by Crippen LogP contribution is -2.41. The van der Waals surface area contributed by atoms with Gasteiger partial charge in [-0.1, -0.05) is 27.7 Å². The van der Waals surface area contributed by atoms with Crippen LogP contribution >= 0.6 is 0 Å². The van der Waals surface area contributed by atoms with E-state index in [0.717, 1.165) is 13.1 Å². The van der Waals surface area contributed by atoms with Crippen LogP contribution in [0.3, 0.4) is 0 Å². The zero-order chi connectivity index (χ0) is 9.61. The molecule has 0 rings (SSSR count). The van der Waals surface area contributed by atoms with Gasteiger partial charge in [-0.2, -0.15) is 0 Å². The minimum Gasteiger partial charge on any atom is -0.330 e. The molecule has 0 fully saturated rings. The summed E-state index contributed by atoms with van der Waals surface area (Å²) >= 11 is 0. The molecule has 0 saturated heterocycles. The molecule has 0 heterocycles. The highest BCUT2D eigenvalue weighted by Crippen LogP contribution is 2.23. The highest BCUT2D eigenvalue weighted by molar-refractivity contribution is 4.80. The van der Waals surface area contributed by atoms with Crippen LogP contribution in [0.4, 0.5) is 0 Å². The summed E-state index contributed by atoms with van der Waals surface area (Å²) in [6.07, 6.45) is 2.33. The summed E-state index contributed by atoms with van der Waals surface area (Å²) in [5.41, 5.74) is 6.10. The van der Waals surface area contributed by atoms with Gasteiger partial charge in [-0.25, -0.2) is 0 Å². The van der Waals surface area contributed by atoms with E-state index in [2.05, 4.69) is 33.0 Å². The van der Waals surface area contributed by atoms with Gasteiger partial charge in [-0.15, -0.1) is 0 Å².